The summed E-state index contributed by atoms with van der Waals surface area (Å²) >= 11 is 0. The quantitative estimate of drug-likeness (QED) is 0.626. The van der Waals surface area contributed by atoms with Crippen molar-refractivity contribution >= 4 is 17.8 Å². The largest absolute Gasteiger partial charge is 0.459 e. The number of carbonyl (C=O) groups is 3. The van der Waals surface area contributed by atoms with E-state index in [9.17, 15) is 14.4 Å². The minimum atomic E-state index is -1.02. The second kappa shape index (κ2) is 6.16. The monoisotopic (exact) mass is 342 g/mol. The highest BCUT2D eigenvalue weighted by Gasteiger charge is 2.41. The first-order valence-electron chi connectivity index (χ1n) is 7.88. The van der Waals surface area contributed by atoms with Gasteiger partial charge in [-0.2, -0.15) is 0 Å². The van der Waals surface area contributed by atoms with Crippen LogP contribution in [0.25, 0.3) is 0 Å². The van der Waals surface area contributed by atoms with Gasteiger partial charge in [0.25, 0.3) is 11.8 Å². The summed E-state index contributed by atoms with van der Waals surface area (Å²) in [6.07, 6.45) is 0. The smallest absolute Gasteiger partial charge is 0.329 e. The Balaban J connectivity index is 1.75. The minimum absolute atomic E-state index is 0.0212. The molecule has 0 bridgehead atoms. The van der Waals surface area contributed by atoms with Crippen molar-refractivity contribution in [2.24, 2.45) is 0 Å². The summed E-state index contributed by atoms with van der Waals surface area (Å²) in [5, 5.41) is 3.79. The lowest BCUT2D eigenvalue weighted by Crippen LogP contribution is -2.43. The number of aromatic nitrogens is 1. The van der Waals surface area contributed by atoms with Crippen molar-refractivity contribution < 1.29 is 23.6 Å². The highest BCUT2D eigenvalue weighted by Crippen LogP contribution is 2.26. The molecule has 0 fully saturated rings. The molecule has 1 atom stereocenters. The predicted octanol–water partition coefficient (Wildman–Crippen LogP) is 2.33. The van der Waals surface area contributed by atoms with Crippen LogP contribution in [0, 0.1) is 20.8 Å². The number of carbonyl (C=O) groups excluding carboxylic acids is 3. The molecule has 1 aromatic carbocycles. The number of fused-ring (bicyclic) bond motifs is 1. The molecule has 0 unspecified atom stereocenters. The Morgan fingerprint density at radius 1 is 1.20 bits per heavy atom. The number of hydrogen-bond acceptors (Lipinski definition) is 6. The van der Waals surface area contributed by atoms with E-state index in [1.54, 1.807) is 32.0 Å². The predicted molar refractivity (Wildman–Crippen MR) is 86.9 cm³/mol. The normalized spacial score (nSPS) is 14.6. The van der Waals surface area contributed by atoms with Gasteiger partial charge in [-0.15, -0.1) is 0 Å². The van der Waals surface area contributed by atoms with Crippen molar-refractivity contribution in [1.29, 1.82) is 0 Å². The molecule has 0 aliphatic carbocycles. The first kappa shape index (κ1) is 16.9. The molecule has 130 valence electrons. The molecule has 2 heterocycles. The summed E-state index contributed by atoms with van der Waals surface area (Å²) < 4.78 is 10.3. The molecule has 7 nitrogen and oxygen atoms in total. The maximum atomic E-state index is 12.5. The van der Waals surface area contributed by atoms with E-state index >= 15 is 0 Å². The van der Waals surface area contributed by atoms with Crippen molar-refractivity contribution in [1.82, 2.24) is 10.1 Å². The van der Waals surface area contributed by atoms with Gasteiger partial charge in [0.2, 0.25) is 0 Å². The third-order valence-electron chi connectivity index (χ3n) is 4.34. The van der Waals surface area contributed by atoms with Gasteiger partial charge in [-0.25, -0.2) is 4.79 Å². The van der Waals surface area contributed by atoms with Crippen LogP contribution >= 0.6 is 0 Å². The summed E-state index contributed by atoms with van der Waals surface area (Å²) in [5.41, 5.74) is 2.81. The molecule has 25 heavy (non-hydrogen) atoms. The van der Waals surface area contributed by atoms with Gasteiger partial charge in [0.05, 0.1) is 22.4 Å². The molecule has 2 amide bonds. The Kier molecular flexibility index (Phi) is 4.16. The first-order valence-corrected chi connectivity index (χ1v) is 7.88. The molecule has 0 saturated heterocycles. The molecule has 1 aromatic heterocycles. The van der Waals surface area contributed by atoms with Gasteiger partial charge in [0.1, 0.15) is 18.4 Å². The zero-order valence-corrected chi connectivity index (χ0v) is 14.5. The number of imide groups is 1. The van der Waals surface area contributed by atoms with E-state index < -0.39 is 23.8 Å². The number of nitrogens with zero attached hydrogens (tertiary/aromatic N) is 2. The van der Waals surface area contributed by atoms with Gasteiger partial charge in [0, 0.05) is 0 Å². The Morgan fingerprint density at radius 2 is 1.88 bits per heavy atom. The summed E-state index contributed by atoms with van der Waals surface area (Å²) in [6, 6.07) is 3.99. The Hall–Kier alpha value is -2.96. The molecule has 1 aliphatic rings. The van der Waals surface area contributed by atoms with Crippen LogP contribution in [0.15, 0.2) is 22.7 Å². The van der Waals surface area contributed by atoms with E-state index in [0.29, 0.717) is 28.1 Å². The topological polar surface area (TPSA) is 89.7 Å². The van der Waals surface area contributed by atoms with Crippen molar-refractivity contribution in [3.63, 3.8) is 0 Å². The Bertz CT molecular complexity index is 864. The molecule has 7 heteroatoms. The fraction of sp³-hybridized carbons (Fsp3) is 0.333. The molecule has 0 radical (unpaired) electrons. The van der Waals surface area contributed by atoms with Crippen LogP contribution in [0.2, 0.25) is 0 Å². The molecule has 1 aliphatic heterocycles. The number of esters is 1. The number of ether oxygens (including phenoxy) is 1. The van der Waals surface area contributed by atoms with Gasteiger partial charge in [-0.3, -0.25) is 14.5 Å². The minimum Gasteiger partial charge on any atom is -0.459 e. The lowest BCUT2D eigenvalue weighted by molar-refractivity contribution is -0.149. The average molecular weight is 342 g/mol. The highest BCUT2D eigenvalue weighted by atomic mass is 16.5. The fourth-order valence-corrected chi connectivity index (χ4v) is 2.80. The lowest BCUT2D eigenvalue weighted by Gasteiger charge is -2.20. The average Bonchev–Trinajstić information content (AvgIpc) is 3.02. The van der Waals surface area contributed by atoms with E-state index in [4.69, 9.17) is 9.26 Å². The van der Waals surface area contributed by atoms with Crippen molar-refractivity contribution in [2.75, 3.05) is 0 Å². The maximum Gasteiger partial charge on any atom is 0.329 e. The molecule has 0 saturated carbocycles. The third kappa shape index (κ3) is 2.82. The zero-order valence-electron chi connectivity index (χ0n) is 14.5. The molecular weight excluding hydrogens is 324 g/mol. The molecule has 0 N–H and O–H groups in total. The number of aryl methyl sites for hydroxylation is 3. The van der Waals surface area contributed by atoms with Crippen LogP contribution < -0.4 is 0 Å². The standard InChI is InChI=1S/C18H18N2O5/c1-9-5-6-13-14(7-9)17(22)20(16(13)21)11(3)18(23)24-8-15-10(2)19-25-12(15)4/h5-7,11H,8H2,1-4H3/t11-/m0/s1. The van der Waals surface area contributed by atoms with Crippen molar-refractivity contribution in [2.45, 2.75) is 40.3 Å². The summed E-state index contributed by atoms with van der Waals surface area (Å²) in [4.78, 5) is 38.3. The molecule has 3 rings (SSSR count). The SMILES string of the molecule is Cc1ccc2c(c1)C(=O)N([C@@H](C)C(=O)OCc1c(C)noc1C)C2=O. The Morgan fingerprint density at radius 3 is 2.52 bits per heavy atom. The summed E-state index contributed by atoms with van der Waals surface area (Å²) in [5.74, 6) is -1.06. The van der Waals surface area contributed by atoms with Crippen LogP contribution in [0.1, 0.15) is 50.2 Å². The fourth-order valence-electron chi connectivity index (χ4n) is 2.80. The molecular formula is C18H18N2O5. The van der Waals surface area contributed by atoms with E-state index in [0.717, 1.165) is 10.5 Å². The second-order valence-corrected chi connectivity index (χ2v) is 6.12. The molecule has 2 aromatic rings. The maximum absolute atomic E-state index is 12.5. The number of benzene rings is 1. The highest BCUT2D eigenvalue weighted by molar-refractivity contribution is 6.22. The van der Waals surface area contributed by atoms with Crippen molar-refractivity contribution in [3.05, 3.63) is 51.9 Å². The van der Waals surface area contributed by atoms with E-state index in [-0.39, 0.29) is 6.61 Å². The molecule has 0 spiro atoms. The van der Waals surface area contributed by atoms with Gasteiger partial charge < -0.3 is 9.26 Å². The number of hydrogen-bond donors (Lipinski definition) is 0. The van der Waals surface area contributed by atoms with Gasteiger partial charge >= 0.3 is 5.97 Å². The summed E-state index contributed by atoms with van der Waals surface area (Å²) in [7, 11) is 0. The zero-order chi connectivity index (χ0) is 18.3. The lowest BCUT2D eigenvalue weighted by atomic mass is 10.1. The van der Waals surface area contributed by atoms with Crippen molar-refractivity contribution in [3.8, 4) is 0 Å². The van der Waals surface area contributed by atoms with Gasteiger partial charge in [-0.1, -0.05) is 16.8 Å². The Labute approximate surface area is 144 Å². The summed E-state index contributed by atoms with van der Waals surface area (Å²) in [6.45, 7) is 6.76. The van der Waals surface area contributed by atoms with E-state index in [2.05, 4.69) is 5.16 Å². The number of rotatable bonds is 4. The van der Waals surface area contributed by atoms with Crippen LogP contribution in [0.3, 0.4) is 0 Å². The first-order chi connectivity index (χ1) is 11.8. The van der Waals surface area contributed by atoms with Crippen LogP contribution in [-0.2, 0) is 16.1 Å². The van der Waals surface area contributed by atoms with Gasteiger partial charge in [0.15, 0.2) is 0 Å². The number of amides is 2. The van der Waals surface area contributed by atoms with Crippen LogP contribution in [0.4, 0.5) is 0 Å². The second-order valence-electron chi connectivity index (χ2n) is 6.12. The third-order valence-corrected chi connectivity index (χ3v) is 4.34. The van der Waals surface area contributed by atoms with Crippen LogP contribution in [0.5, 0.6) is 0 Å². The van der Waals surface area contributed by atoms with Gasteiger partial charge in [-0.05, 0) is 39.8 Å². The van der Waals surface area contributed by atoms with Crippen LogP contribution in [-0.4, -0.2) is 33.9 Å². The van der Waals surface area contributed by atoms with E-state index in [1.165, 1.54) is 6.92 Å². The van der Waals surface area contributed by atoms with E-state index in [1.807, 2.05) is 6.92 Å².